The zero-order valence-electron chi connectivity index (χ0n) is 8.25. The van der Waals surface area contributed by atoms with Gasteiger partial charge < -0.3 is 4.98 Å². The van der Waals surface area contributed by atoms with Crippen LogP contribution in [0, 0.1) is 4.64 Å². The minimum Gasteiger partial charge on any atom is -0.346 e. The molecule has 1 aromatic heterocycles. The van der Waals surface area contributed by atoms with Crippen LogP contribution in [-0.2, 0) is 5.75 Å². The molecule has 2 nitrogen and oxygen atoms in total. The number of H-pyrrole nitrogens is 1. The van der Waals surface area contributed by atoms with E-state index in [1.165, 1.54) is 18.5 Å². The van der Waals surface area contributed by atoms with Crippen molar-refractivity contribution in [2.45, 2.75) is 31.4 Å². The van der Waals surface area contributed by atoms with Gasteiger partial charge in [-0.05, 0) is 30.6 Å². The second-order valence-electron chi connectivity index (χ2n) is 3.53. The Labute approximate surface area is 93.5 Å². The van der Waals surface area contributed by atoms with Gasteiger partial charge in [0.1, 0.15) is 10.5 Å². The maximum absolute atomic E-state index is 5.14. The first-order valence-electron chi connectivity index (χ1n) is 4.97. The number of aromatic nitrogens is 2. The standard InChI is InChI=1S/C10H14N2S2/c1-2-14-6-9-11-8(7-3-4-7)5-10(13)12-9/h5,7H,2-4,6H2,1H3,(H,11,12,13). The van der Waals surface area contributed by atoms with Gasteiger partial charge in [-0.15, -0.1) is 0 Å². The second kappa shape index (κ2) is 4.45. The van der Waals surface area contributed by atoms with E-state index in [-0.39, 0.29) is 0 Å². The molecule has 1 aliphatic carbocycles. The first kappa shape index (κ1) is 10.2. The highest BCUT2D eigenvalue weighted by Crippen LogP contribution is 2.38. The fourth-order valence-corrected chi connectivity index (χ4v) is 2.18. The van der Waals surface area contributed by atoms with Crippen molar-refractivity contribution in [3.8, 4) is 0 Å². The Hall–Kier alpha value is -0.350. The Morgan fingerprint density at radius 2 is 2.43 bits per heavy atom. The number of aromatic amines is 1. The van der Waals surface area contributed by atoms with Gasteiger partial charge in [0.25, 0.3) is 0 Å². The van der Waals surface area contributed by atoms with E-state index in [1.54, 1.807) is 0 Å². The lowest BCUT2D eigenvalue weighted by Gasteiger charge is -2.03. The van der Waals surface area contributed by atoms with E-state index in [9.17, 15) is 0 Å². The molecule has 14 heavy (non-hydrogen) atoms. The molecule has 4 heteroatoms. The van der Waals surface area contributed by atoms with E-state index in [4.69, 9.17) is 12.2 Å². The summed E-state index contributed by atoms with van der Waals surface area (Å²) in [6, 6.07) is 2.01. The van der Waals surface area contributed by atoms with Crippen molar-refractivity contribution in [3.63, 3.8) is 0 Å². The van der Waals surface area contributed by atoms with Crippen LogP contribution in [0.1, 0.15) is 37.2 Å². The zero-order chi connectivity index (χ0) is 9.97. The average Bonchev–Trinajstić information content (AvgIpc) is 2.97. The molecule has 1 heterocycles. The van der Waals surface area contributed by atoms with Crippen molar-refractivity contribution in [1.82, 2.24) is 9.97 Å². The highest BCUT2D eigenvalue weighted by Gasteiger charge is 2.24. The largest absolute Gasteiger partial charge is 0.346 e. The molecular formula is C10H14N2S2. The molecule has 0 atom stereocenters. The molecule has 0 spiro atoms. The maximum Gasteiger partial charge on any atom is 0.130 e. The van der Waals surface area contributed by atoms with Gasteiger partial charge in [0.05, 0.1) is 5.75 Å². The van der Waals surface area contributed by atoms with Crippen LogP contribution in [0.2, 0.25) is 0 Å². The lowest BCUT2D eigenvalue weighted by Crippen LogP contribution is -1.97. The Bertz CT molecular complexity index is 369. The lowest BCUT2D eigenvalue weighted by atomic mass is 10.3. The van der Waals surface area contributed by atoms with Crippen LogP contribution in [0.5, 0.6) is 0 Å². The molecular weight excluding hydrogens is 212 g/mol. The van der Waals surface area contributed by atoms with E-state index in [0.29, 0.717) is 0 Å². The van der Waals surface area contributed by atoms with Gasteiger partial charge in [0.15, 0.2) is 0 Å². The number of hydrogen-bond donors (Lipinski definition) is 1. The van der Waals surface area contributed by atoms with Gasteiger partial charge in [-0.1, -0.05) is 19.1 Å². The van der Waals surface area contributed by atoms with Crippen LogP contribution in [-0.4, -0.2) is 15.7 Å². The minimum absolute atomic E-state index is 0.727. The highest BCUT2D eigenvalue weighted by atomic mass is 32.2. The summed E-state index contributed by atoms with van der Waals surface area (Å²) in [7, 11) is 0. The van der Waals surface area contributed by atoms with E-state index in [2.05, 4.69) is 16.9 Å². The summed E-state index contributed by atoms with van der Waals surface area (Å²) >= 11 is 7.01. The monoisotopic (exact) mass is 226 g/mol. The maximum atomic E-state index is 5.14. The third kappa shape index (κ3) is 2.58. The number of rotatable bonds is 4. The minimum atomic E-state index is 0.727. The Morgan fingerprint density at radius 3 is 3.07 bits per heavy atom. The van der Waals surface area contributed by atoms with E-state index < -0.39 is 0 Å². The average molecular weight is 226 g/mol. The van der Waals surface area contributed by atoms with Gasteiger partial charge in [0, 0.05) is 5.69 Å². The van der Waals surface area contributed by atoms with Crippen molar-refractivity contribution in [1.29, 1.82) is 0 Å². The molecule has 0 aromatic carbocycles. The van der Waals surface area contributed by atoms with Crippen LogP contribution >= 0.6 is 24.0 Å². The van der Waals surface area contributed by atoms with E-state index in [1.807, 2.05) is 17.8 Å². The Balaban J connectivity index is 2.18. The molecule has 0 unspecified atom stereocenters. The molecule has 76 valence electrons. The van der Waals surface area contributed by atoms with Crippen molar-refractivity contribution in [2.75, 3.05) is 5.75 Å². The van der Waals surface area contributed by atoms with Crippen molar-refractivity contribution in [3.05, 3.63) is 22.2 Å². The lowest BCUT2D eigenvalue weighted by molar-refractivity contribution is 0.925. The third-order valence-electron chi connectivity index (χ3n) is 2.27. The summed E-state index contributed by atoms with van der Waals surface area (Å²) in [5, 5.41) is 0. The number of hydrogen-bond acceptors (Lipinski definition) is 3. The molecule has 0 radical (unpaired) electrons. The van der Waals surface area contributed by atoms with Crippen LogP contribution < -0.4 is 0 Å². The van der Waals surface area contributed by atoms with E-state index in [0.717, 1.165) is 27.9 Å². The van der Waals surface area contributed by atoms with Gasteiger partial charge in [-0.25, -0.2) is 4.98 Å². The van der Waals surface area contributed by atoms with Crippen LogP contribution in [0.4, 0.5) is 0 Å². The zero-order valence-corrected chi connectivity index (χ0v) is 9.88. The van der Waals surface area contributed by atoms with Crippen molar-refractivity contribution < 1.29 is 0 Å². The summed E-state index contributed by atoms with van der Waals surface area (Å²) < 4.78 is 0.734. The predicted molar refractivity (Wildman–Crippen MR) is 63.2 cm³/mol. The van der Waals surface area contributed by atoms with Gasteiger partial charge in [-0.2, -0.15) is 11.8 Å². The van der Waals surface area contributed by atoms with Gasteiger partial charge in [0.2, 0.25) is 0 Å². The molecule has 0 bridgehead atoms. The molecule has 1 N–H and O–H groups in total. The molecule has 1 aromatic rings. The molecule has 1 aliphatic rings. The fourth-order valence-electron chi connectivity index (χ4n) is 1.41. The Kier molecular flexibility index (Phi) is 3.23. The predicted octanol–water partition coefficient (Wildman–Crippen LogP) is 3.27. The van der Waals surface area contributed by atoms with Crippen LogP contribution in [0.25, 0.3) is 0 Å². The topological polar surface area (TPSA) is 28.7 Å². The molecule has 2 rings (SSSR count). The van der Waals surface area contributed by atoms with Crippen LogP contribution in [0.3, 0.4) is 0 Å². The van der Waals surface area contributed by atoms with Crippen molar-refractivity contribution >= 4 is 24.0 Å². The highest BCUT2D eigenvalue weighted by molar-refractivity contribution is 7.98. The normalized spacial score (nSPS) is 15.8. The summed E-state index contributed by atoms with van der Waals surface area (Å²) in [5.74, 6) is 3.83. The number of nitrogens with one attached hydrogen (secondary N) is 1. The van der Waals surface area contributed by atoms with Crippen molar-refractivity contribution in [2.24, 2.45) is 0 Å². The number of thioether (sulfide) groups is 1. The Morgan fingerprint density at radius 1 is 1.64 bits per heavy atom. The second-order valence-corrected chi connectivity index (χ2v) is 5.23. The molecule has 0 saturated heterocycles. The summed E-state index contributed by atoms with van der Waals surface area (Å²) in [6.45, 7) is 2.16. The number of nitrogens with zero attached hydrogens (tertiary/aromatic N) is 1. The quantitative estimate of drug-likeness (QED) is 0.799. The molecule has 0 amide bonds. The fraction of sp³-hybridized carbons (Fsp3) is 0.600. The molecule has 0 aliphatic heterocycles. The van der Waals surface area contributed by atoms with Gasteiger partial charge >= 0.3 is 0 Å². The first-order valence-corrected chi connectivity index (χ1v) is 6.53. The summed E-state index contributed by atoms with van der Waals surface area (Å²) in [5.41, 5.74) is 1.29. The first-order chi connectivity index (χ1) is 6.79. The SMILES string of the molecule is CCSCc1nc(=S)cc(C2CC2)[nH]1. The molecule has 1 saturated carbocycles. The third-order valence-corrected chi connectivity index (χ3v) is 3.37. The van der Waals surface area contributed by atoms with Crippen LogP contribution in [0.15, 0.2) is 6.07 Å². The molecule has 1 fully saturated rings. The van der Waals surface area contributed by atoms with E-state index >= 15 is 0 Å². The van der Waals surface area contributed by atoms with Gasteiger partial charge in [-0.3, -0.25) is 0 Å². The smallest absolute Gasteiger partial charge is 0.130 e. The summed E-state index contributed by atoms with van der Waals surface area (Å²) in [4.78, 5) is 7.70. The summed E-state index contributed by atoms with van der Waals surface area (Å²) in [6.07, 6.45) is 2.60.